The van der Waals surface area contributed by atoms with Crippen LogP contribution in [0.4, 0.5) is 0 Å². The first kappa shape index (κ1) is 38.0. The molecule has 7 heteroatoms. The third kappa shape index (κ3) is 5.76. The first-order valence-electron chi connectivity index (χ1n) is 23.0. The molecule has 0 bridgehead atoms. The van der Waals surface area contributed by atoms with Crippen molar-refractivity contribution < 1.29 is 0 Å². The molecule has 0 spiro atoms. The highest BCUT2D eigenvalue weighted by Gasteiger charge is 2.26. The topological polar surface area (TPSA) is 58.4 Å². The molecule has 0 fully saturated rings. The van der Waals surface area contributed by atoms with Gasteiger partial charge in [0.2, 0.25) is 0 Å². The van der Waals surface area contributed by atoms with E-state index in [1.54, 1.807) is 0 Å². The van der Waals surface area contributed by atoms with Gasteiger partial charge >= 0.3 is 0 Å². The highest BCUT2D eigenvalue weighted by Crippen LogP contribution is 2.44. The van der Waals surface area contributed by atoms with Gasteiger partial charge in [-0.3, -0.25) is 18.3 Å². The van der Waals surface area contributed by atoms with Crippen LogP contribution in [-0.2, 0) is 0 Å². The zero-order chi connectivity index (χ0) is 44.7. The summed E-state index contributed by atoms with van der Waals surface area (Å²) in [5, 5.41) is 7.14. The minimum Gasteiger partial charge on any atom is -0.295 e. The van der Waals surface area contributed by atoms with Crippen molar-refractivity contribution >= 4 is 65.7 Å². The van der Waals surface area contributed by atoms with Crippen molar-refractivity contribution in [1.82, 2.24) is 33.2 Å². The summed E-state index contributed by atoms with van der Waals surface area (Å²) < 4.78 is 9.71. The Hall–Kier alpha value is -9.33. The SMILES string of the molecule is c1ccc(-c2nc(-c3ccccc3)nc(-c3cc(-n4c5ccccc5c5c6ccccc6n(-c6ccccc6)c54)cc(-n4c5ccccc5c5c6ccccc6n(-c6ccccc6)c54)c3)n2)cc1. The van der Waals surface area contributed by atoms with Crippen LogP contribution in [0.2, 0.25) is 0 Å². The summed E-state index contributed by atoms with van der Waals surface area (Å²) in [6.07, 6.45) is 0. The number of rotatable bonds is 7. The van der Waals surface area contributed by atoms with Gasteiger partial charge in [0.1, 0.15) is 11.3 Å². The molecule has 14 rings (SSSR count). The fourth-order valence-corrected chi connectivity index (χ4v) is 10.5. The van der Waals surface area contributed by atoms with E-state index in [1.165, 1.54) is 32.3 Å². The normalized spacial score (nSPS) is 11.8. The molecular weight excluding hydrogens is 831 g/mol. The van der Waals surface area contributed by atoms with E-state index in [1.807, 2.05) is 36.4 Å². The fraction of sp³-hybridized carbons (Fsp3) is 0. The van der Waals surface area contributed by atoms with Crippen molar-refractivity contribution in [2.45, 2.75) is 0 Å². The molecule has 5 heterocycles. The molecular formula is C61H39N7. The van der Waals surface area contributed by atoms with E-state index >= 15 is 0 Å². The van der Waals surface area contributed by atoms with Crippen LogP contribution in [0.15, 0.2) is 237 Å². The van der Waals surface area contributed by atoms with E-state index in [2.05, 4.69) is 218 Å². The second kappa shape index (κ2) is 15.1. The van der Waals surface area contributed by atoms with Crippen molar-refractivity contribution in [1.29, 1.82) is 0 Å². The van der Waals surface area contributed by atoms with Gasteiger partial charge in [0.05, 0.1) is 33.4 Å². The van der Waals surface area contributed by atoms with E-state index in [0.717, 1.165) is 72.8 Å². The molecule has 0 saturated carbocycles. The molecule has 7 nitrogen and oxygen atoms in total. The molecule has 0 aliphatic rings. The Labute approximate surface area is 390 Å². The minimum absolute atomic E-state index is 0.577. The summed E-state index contributed by atoms with van der Waals surface area (Å²) in [4.78, 5) is 15.8. The van der Waals surface area contributed by atoms with E-state index < -0.39 is 0 Å². The highest BCUT2D eigenvalue weighted by molar-refractivity contribution is 6.24. The van der Waals surface area contributed by atoms with Gasteiger partial charge < -0.3 is 0 Å². The lowest BCUT2D eigenvalue weighted by Crippen LogP contribution is -2.06. The van der Waals surface area contributed by atoms with Crippen molar-refractivity contribution in [2.24, 2.45) is 0 Å². The Morgan fingerprint density at radius 2 is 0.515 bits per heavy atom. The lowest BCUT2D eigenvalue weighted by Gasteiger charge is -2.18. The molecule has 9 aromatic carbocycles. The molecule has 0 unspecified atom stereocenters. The van der Waals surface area contributed by atoms with Crippen molar-refractivity contribution in [2.75, 3.05) is 0 Å². The molecule has 0 amide bonds. The maximum absolute atomic E-state index is 5.34. The van der Waals surface area contributed by atoms with Gasteiger partial charge in [-0.05, 0) is 66.7 Å². The second-order valence-electron chi connectivity index (χ2n) is 17.3. The number of aromatic nitrogens is 7. The summed E-state index contributed by atoms with van der Waals surface area (Å²) in [5.74, 6) is 1.79. The van der Waals surface area contributed by atoms with E-state index in [4.69, 9.17) is 15.0 Å². The Kier molecular flexibility index (Phi) is 8.45. The van der Waals surface area contributed by atoms with Crippen LogP contribution in [-0.4, -0.2) is 33.2 Å². The van der Waals surface area contributed by atoms with Crippen molar-refractivity contribution in [3.63, 3.8) is 0 Å². The van der Waals surface area contributed by atoms with Gasteiger partial charge in [0.15, 0.2) is 17.5 Å². The third-order valence-corrected chi connectivity index (χ3v) is 13.4. The number of fused-ring (bicyclic) bond motifs is 10. The predicted octanol–water partition coefficient (Wildman–Crippen LogP) is 15.0. The molecule has 0 aliphatic heterocycles. The second-order valence-corrected chi connectivity index (χ2v) is 17.3. The number of benzene rings is 9. The Balaban J connectivity index is 1.16. The summed E-state index contributed by atoms with van der Waals surface area (Å²) >= 11 is 0. The summed E-state index contributed by atoms with van der Waals surface area (Å²) in [5.41, 5.74) is 13.4. The van der Waals surface area contributed by atoms with E-state index in [9.17, 15) is 0 Å². The van der Waals surface area contributed by atoms with E-state index in [-0.39, 0.29) is 0 Å². The zero-order valence-electron chi connectivity index (χ0n) is 36.6. The zero-order valence-corrected chi connectivity index (χ0v) is 36.6. The van der Waals surface area contributed by atoms with Crippen LogP contribution in [0.1, 0.15) is 0 Å². The van der Waals surface area contributed by atoms with Crippen LogP contribution in [0, 0.1) is 0 Å². The average Bonchev–Trinajstić information content (AvgIpc) is 4.14. The van der Waals surface area contributed by atoms with Crippen LogP contribution in [0.3, 0.4) is 0 Å². The van der Waals surface area contributed by atoms with Gasteiger partial charge in [0.25, 0.3) is 0 Å². The van der Waals surface area contributed by atoms with Gasteiger partial charge in [-0.25, -0.2) is 15.0 Å². The third-order valence-electron chi connectivity index (χ3n) is 13.4. The lowest BCUT2D eigenvalue weighted by molar-refractivity contribution is 1.04. The molecule has 0 N–H and O–H groups in total. The standard InChI is InChI=1S/C61H39N7/c1-5-21-40(22-6-1)57-62-58(41-23-7-2-8-24-41)64-59(63-57)42-37-45(67-53-35-19-15-31-49(53)55-47-29-13-17-33-51(47)65(60(55)67)43-25-9-3-10-26-43)39-46(38-42)68-54-36-20-16-32-50(54)56-48-30-14-18-34-52(48)66(61(56)68)44-27-11-4-12-28-44/h1-39H. The maximum Gasteiger partial charge on any atom is 0.164 e. The largest absolute Gasteiger partial charge is 0.295 e. The summed E-state index contributed by atoms with van der Waals surface area (Å²) in [6.45, 7) is 0. The Morgan fingerprint density at radius 1 is 0.235 bits per heavy atom. The molecule has 0 aliphatic carbocycles. The summed E-state index contributed by atoms with van der Waals surface area (Å²) in [7, 11) is 0. The van der Waals surface area contributed by atoms with Gasteiger partial charge in [-0.1, -0.05) is 170 Å². The maximum atomic E-state index is 5.34. The smallest absolute Gasteiger partial charge is 0.164 e. The fourth-order valence-electron chi connectivity index (χ4n) is 10.5. The first-order chi connectivity index (χ1) is 33.8. The monoisotopic (exact) mass is 869 g/mol. The predicted molar refractivity (Wildman–Crippen MR) is 278 cm³/mol. The molecule has 0 saturated heterocycles. The Morgan fingerprint density at radius 3 is 0.868 bits per heavy atom. The molecule has 68 heavy (non-hydrogen) atoms. The quantitative estimate of drug-likeness (QED) is 0.160. The number of para-hydroxylation sites is 6. The van der Waals surface area contributed by atoms with Gasteiger partial charge in [-0.15, -0.1) is 0 Å². The lowest BCUT2D eigenvalue weighted by atomic mass is 10.1. The Bertz CT molecular complexity index is 3970. The molecule has 0 atom stereocenters. The number of hydrogen-bond acceptors (Lipinski definition) is 3. The average molecular weight is 870 g/mol. The number of hydrogen-bond donors (Lipinski definition) is 0. The van der Waals surface area contributed by atoms with Crippen LogP contribution >= 0.6 is 0 Å². The van der Waals surface area contributed by atoms with Crippen LogP contribution in [0.5, 0.6) is 0 Å². The molecule has 14 aromatic rings. The van der Waals surface area contributed by atoms with Crippen LogP contribution in [0.25, 0.3) is 123 Å². The molecule has 318 valence electrons. The first-order valence-corrected chi connectivity index (χ1v) is 23.0. The highest BCUT2D eigenvalue weighted by atomic mass is 15.2. The van der Waals surface area contributed by atoms with Crippen molar-refractivity contribution in [3.05, 3.63) is 237 Å². The van der Waals surface area contributed by atoms with Gasteiger partial charge in [0, 0.05) is 60.4 Å². The van der Waals surface area contributed by atoms with E-state index in [0.29, 0.717) is 17.5 Å². The summed E-state index contributed by atoms with van der Waals surface area (Å²) in [6, 6.07) is 83.8. The van der Waals surface area contributed by atoms with Crippen LogP contribution < -0.4 is 0 Å². The minimum atomic E-state index is 0.577. The molecule has 0 radical (unpaired) electrons. The van der Waals surface area contributed by atoms with Gasteiger partial charge in [-0.2, -0.15) is 0 Å². The molecule has 5 aromatic heterocycles. The number of nitrogens with zero attached hydrogens (tertiary/aromatic N) is 7. The van der Waals surface area contributed by atoms with Crippen molar-refractivity contribution in [3.8, 4) is 56.9 Å².